The molecule has 0 radical (unpaired) electrons. The molecule has 1 unspecified atom stereocenters. The van der Waals surface area contributed by atoms with Gasteiger partial charge in [0.2, 0.25) is 0 Å². The Morgan fingerprint density at radius 2 is 1.95 bits per heavy atom. The average molecular weight is 302 g/mol. The Labute approximate surface area is 133 Å². The van der Waals surface area contributed by atoms with E-state index < -0.39 is 6.09 Å². The van der Waals surface area contributed by atoms with Crippen molar-refractivity contribution in [2.24, 2.45) is 0 Å². The highest BCUT2D eigenvalue weighted by Crippen LogP contribution is 2.09. The predicted molar refractivity (Wildman–Crippen MR) is 87.2 cm³/mol. The Morgan fingerprint density at radius 3 is 2.64 bits per heavy atom. The van der Waals surface area contributed by atoms with Crippen molar-refractivity contribution in [2.75, 3.05) is 0 Å². The number of ether oxygens (including phenoxy) is 1. The smallest absolute Gasteiger partial charge is 0.407 e. The highest BCUT2D eigenvalue weighted by Gasteiger charge is 2.12. The first-order valence-electron chi connectivity index (χ1n) is 8.10. The summed E-state index contributed by atoms with van der Waals surface area (Å²) in [6.45, 7) is 2.44. The van der Waals surface area contributed by atoms with Crippen LogP contribution in [0.5, 0.6) is 0 Å². The minimum atomic E-state index is -0.447. The lowest BCUT2D eigenvalue weighted by Gasteiger charge is -2.15. The van der Waals surface area contributed by atoms with Crippen LogP contribution < -0.4 is 5.32 Å². The molecule has 22 heavy (non-hydrogen) atoms. The second-order valence-electron chi connectivity index (χ2n) is 5.47. The maximum absolute atomic E-state index is 11.8. The molecule has 1 aromatic rings. The van der Waals surface area contributed by atoms with Crippen molar-refractivity contribution in [1.29, 1.82) is 5.26 Å². The first-order valence-corrected chi connectivity index (χ1v) is 8.10. The van der Waals surface area contributed by atoms with Gasteiger partial charge in [0, 0.05) is 6.04 Å². The normalized spacial score (nSPS) is 11.5. The van der Waals surface area contributed by atoms with Gasteiger partial charge in [-0.2, -0.15) is 5.26 Å². The van der Waals surface area contributed by atoms with Crippen LogP contribution in [0.3, 0.4) is 0 Å². The fraction of sp³-hybridized carbons (Fsp3) is 0.556. The Kier molecular flexibility index (Phi) is 9.52. The Balaban J connectivity index is 2.26. The molecule has 0 aliphatic rings. The second-order valence-corrected chi connectivity index (χ2v) is 5.47. The molecule has 1 aromatic carbocycles. The van der Waals surface area contributed by atoms with Crippen molar-refractivity contribution in [1.82, 2.24) is 5.32 Å². The summed E-state index contributed by atoms with van der Waals surface area (Å²) in [5.74, 6) is 0. The van der Waals surface area contributed by atoms with Gasteiger partial charge in [-0.1, -0.05) is 69.4 Å². The number of rotatable bonds is 10. The number of alkyl carbamates (subject to hydrolysis) is 1. The fourth-order valence-electron chi connectivity index (χ4n) is 2.26. The Morgan fingerprint density at radius 1 is 1.23 bits per heavy atom. The number of carbonyl (C=O) groups excluding carboxylic acids is 1. The molecule has 4 heteroatoms. The molecular formula is C18H26N2O2. The molecule has 0 bridgehead atoms. The zero-order valence-electron chi connectivity index (χ0n) is 13.4. The van der Waals surface area contributed by atoms with Crippen LogP contribution in [0.15, 0.2) is 30.3 Å². The van der Waals surface area contributed by atoms with Crippen molar-refractivity contribution < 1.29 is 9.53 Å². The van der Waals surface area contributed by atoms with Gasteiger partial charge < -0.3 is 10.1 Å². The number of amides is 1. The van der Waals surface area contributed by atoms with Crippen molar-refractivity contribution >= 4 is 6.09 Å². The third-order valence-corrected chi connectivity index (χ3v) is 3.53. The van der Waals surface area contributed by atoms with E-state index in [4.69, 9.17) is 10.00 Å². The van der Waals surface area contributed by atoms with E-state index in [0.29, 0.717) is 6.42 Å². The molecule has 1 rings (SSSR count). The molecule has 0 aromatic heterocycles. The molecule has 0 aliphatic carbocycles. The van der Waals surface area contributed by atoms with E-state index >= 15 is 0 Å². The van der Waals surface area contributed by atoms with Crippen LogP contribution in [0, 0.1) is 11.3 Å². The first-order chi connectivity index (χ1) is 10.8. The van der Waals surface area contributed by atoms with Crippen LogP contribution in [0.25, 0.3) is 0 Å². The van der Waals surface area contributed by atoms with Crippen molar-refractivity contribution in [3.05, 3.63) is 35.9 Å². The van der Waals surface area contributed by atoms with Gasteiger partial charge in [0.25, 0.3) is 0 Å². The SMILES string of the molecule is CCCCCCCC(CC#N)NC(=O)OCc1ccccc1. The maximum Gasteiger partial charge on any atom is 0.407 e. The summed E-state index contributed by atoms with van der Waals surface area (Å²) in [7, 11) is 0. The molecule has 0 fully saturated rings. The number of nitriles is 1. The third-order valence-electron chi connectivity index (χ3n) is 3.53. The summed E-state index contributed by atoms with van der Waals surface area (Å²) in [4.78, 5) is 11.8. The van der Waals surface area contributed by atoms with Crippen LogP contribution in [-0.2, 0) is 11.3 Å². The van der Waals surface area contributed by atoms with Gasteiger partial charge in [0.05, 0.1) is 12.5 Å². The van der Waals surface area contributed by atoms with Gasteiger partial charge in [-0.05, 0) is 12.0 Å². The molecule has 1 atom stereocenters. The van der Waals surface area contributed by atoms with Crippen LogP contribution >= 0.6 is 0 Å². The molecule has 0 saturated carbocycles. The monoisotopic (exact) mass is 302 g/mol. The van der Waals surface area contributed by atoms with Gasteiger partial charge in [0.1, 0.15) is 6.61 Å². The third kappa shape index (κ3) is 8.31. The molecule has 120 valence electrons. The van der Waals surface area contributed by atoms with E-state index in [1.54, 1.807) is 0 Å². The van der Waals surface area contributed by atoms with E-state index in [-0.39, 0.29) is 12.6 Å². The standard InChI is InChI=1S/C18H26N2O2/c1-2-3-4-5-9-12-17(13-14-19)20-18(21)22-15-16-10-7-6-8-11-16/h6-8,10-11,17H,2-5,9,12-13,15H2,1H3,(H,20,21). The summed E-state index contributed by atoms with van der Waals surface area (Å²) in [5, 5.41) is 11.7. The highest BCUT2D eigenvalue weighted by atomic mass is 16.5. The number of nitrogens with one attached hydrogen (secondary N) is 1. The number of nitrogens with zero attached hydrogens (tertiary/aromatic N) is 1. The van der Waals surface area contributed by atoms with Gasteiger partial charge in [-0.25, -0.2) is 4.79 Å². The summed E-state index contributed by atoms with van der Waals surface area (Å²) in [5.41, 5.74) is 0.953. The first kappa shape index (κ1) is 18.0. The molecular weight excluding hydrogens is 276 g/mol. The van der Waals surface area contributed by atoms with Gasteiger partial charge in [-0.15, -0.1) is 0 Å². The van der Waals surface area contributed by atoms with Crippen LogP contribution in [0.1, 0.15) is 57.4 Å². The molecule has 0 spiro atoms. The van der Waals surface area contributed by atoms with E-state index in [1.165, 1.54) is 19.3 Å². The molecule has 0 aliphatic heterocycles. The van der Waals surface area contributed by atoms with Crippen LogP contribution in [0.4, 0.5) is 4.79 Å². The molecule has 0 saturated heterocycles. The minimum Gasteiger partial charge on any atom is -0.445 e. The van der Waals surface area contributed by atoms with E-state index in [9.17, 15) is 4.79 Å². The van der Waals surface area contributed by atoms with E-state index in [0.717, 1.165) is 24.8 Å². The number of benzene rings is 1. The summed E-state index contributed by atoms with van der Waals surface area (Å²) in [6.07, 6.45) is 6.57. The Bertz CT molecular complexity index is 454. The number of carbonyl (C=O) groups is 1. The van der Waals surface area contributed by atoms with E-state index in [2.05, 4.69) is 18.3 Å². The lowest BCUT2D eigenvalue weighted by atomic mass is 10.0. The summed E-state index contributed by atoms with van der Waals surface area (Å²) < 4.78 is 5.19. The quantitative estimate of drug-likeness (QED) is 0.645. The minimum absolute atomic E-state index is 0.116. The lowest BCUT2D eigenvalue weighted by molar-refractivity contribution is 0.135. The second kappa shape index (κ2) is 11.6. The van der Waals surface area contributed by atoms with Crippen LogP contribution in [0.2, 0.25) is 0 Å². The topological polar surface area (TPSA) is 62.1 Å². The zero-order valence-corrected chi connectivity index (χ0v) is 13.4. The number of hydrogen-bond acceptors (Lipinski definition) is 3. The van der Waals surface area contributed by atoms with E-state index in [1.807, 2.05) is 30.3 Å². The average Bonchev–Trinajstić information content (AvgIpc) is 2.54. The van der Waals surface area contributed by atoms with Crippen molar-refractivity contribution in [3.8, 4) is 6.07 Å². The van der Waals surface area contributed by atoms with Gasteiger partial charge >= 0.3 is 6.09 Å². The number of hydrogen-bond donors (Lipinski definition) is 1. The zero-order chi connectivity index (χ0) is 16.0. The maximum atomic E-state index is 11.8. The largest absolute Gasteiger partial charge is 0.445 e. The summed E-state index contributed by atoms with van der Waals surface area (Å²) in [6, 6.07) is 11.6. The van der Waals surface area contributed by atoms with Gasteiger partial charge in [0.15, 0.2) is 0 Å². The predicted octanol–water partition coefficient (Wildman–Crippen LogP) is 4.56. The molecule has 0 heterocycles. The van der Waals surface area contributed by atoms with Crippen LogP contribution in [-0.4, -0.2) is 12.1 Å². The molecule has 1 amide bonds. The van der Waals surface area contributed by atoms with Crippen molar-refractivity contribution in [2.45, 2.75) is 64.5 Å². The molecule has 1 N–H and O–H groups in total. The lowest BCUT2D eigenvalue weighted by Crippen LogP contribution is -2.35. The van der Waals surface area contributed by atoms with Crippen molar-refractivity contribution in [3.63, 3.8) is 0 Å². The molecule has 4 nitrogen and oxygen atoms in total. The highest BCUT2D eigenvalue weighted by molar-refractivity contribution is 5.67. The summed E-state index contributed by atoms with van der Waals surface area (Å²) >= 11 is 0. The number of unbranched alkanes of at least 4 members (excludes halogenated alkanes) is 4. The van der Waals surface area contributed by atoms with Gasteiger partial charge in [-0.3, -0.25) is 0 Å². The fourth-order valence-corrected chi connectivity index (χ4v) is 2.26. The Hall–Kier alpha value is -2.02.